The van der Waals surface area contributed by atoms with Crippen molar-refractivity contribution in [1.82, 2.24) is 9.62 Å². The molecule has 0 radical (unpaired) electrons. The van der Waals surface area contributed by atoms with Gasteiger partial charge >= 0.3 is 5.97 Å². The van der Waals surface area contributed by atoms with Crippen molar-refractivity contribution in [2.45, 2.75) is 26.2 Å². The Balaban J connectivity index is 2.65. The van der Waals surface area contributed by atoms with Gasteiger partial charge in [-0.3, -0.25) is 4.79 Å². The van der Waals surface area contributed by atoms with Crippen molar-refractivity contribution in [1.29, 1.82) is 0 Å². The summed E-state index contributed by atoms with van der Waals surface area (Å²) in [6, 6.07) is 0. The summed E-state index contributed by atoms with van der Waals surface area (Å²) in [5.74, 6) is -1.76. The van der Waals surface area contributed by atoms with Gasteiger partial charge in [-0.25, -0.2) is 12.7 Å². The fraction of sp³-hybridized carbons (Fsp3) is 0.909. The number of sulfonamides is 1. The summed E-state index contributed by atoms with van der Waals surface area (Å²) in [5.41, 5.74) is 0. The highest BCUT2D eigenvalue weighted by Gasteiger charge is 2.27. The largest absolute Gasteiger partial charge is 0.480 e. The number of nitrogens with zero attached hydrogens (tertiary/aromatic N) is 1. The SMILES string of the molecule is CCCN(CC1CCNCC1)S(=O)(=O)CC(=O)O. The molecule has 0 atom stereocenters. The van der Waals surface area contributed by atoms with Gasteiger partial charge in [-0.1, -0.05) is 6.92 Å². The highest BCUT2D eigenvalue weighted by Crippen LogP contribution is 2.16. The van der Waals surface area contributed by atoms with Crippen molar-refractivity contribution < 1.29 is 18.3 Å². The van der Waals surface area contributed by atoms with E-state index in [9.17, 15) is 13.2 Å². The van der Waals surface area contributed by atoms with Gasteiger partial charge in [0.05, 0.1) is 0 Å². The minimum Gasteiger partial charge on any atom is -0.480 e. The minimum absolute atomic E-state index is 0.335. The lowest BCUT2D eigenvalue weighted by Gasteiger charge is -2.29. The molecule has 2 N–H and O–H groups in total. The standard InChI is InChI=1S/C11H22N2O4S/c1-2-7-13(18(16,17)9-11(14)15)8-10-3-5-12-6-4-10/h10,12H,2-9H2,1H3,(H,14,15). The molecule has 0 aliphatic carbocycles. The van der Waals surface area contributed by atoms with Gasteiger partial charge in [0.1, 0.15) is 0 Å². The summed E-state index contributed by atoms with van der Waals surface area (Å²) in [4.78, 5) is 10.6. The normalized spacial score (nSPS) is 18.1. The molecule has 0 aromatic rings. The molecular weight excluding hydrogens is 256 g/mol. The van der Waals surface area contributed by atoms with E-state index in [1.165, 1.54) is 4.31 Å². The third-order valence-electron chi connectivity index (χ3n) is 3.09. The monoisotopic (exact) mass is 278 g/mol. The van der Waals surface area contributed by atoms with E-state index in [2.05, 4.69) is 5.32 Å². The second kappa shape index (κ2) is 7.06. The Bertz CT molecular complexity index is 363. The molecule has 0 aromatic heterocycles. The van der Waals surface area contributed by atoms with Crippen LogP contribution in [0.25, 0.3) is 0 Å². The number of hydrogen-bond acceptors (Lipinski definition) is 4. The first-order valence-corrected chi connectivity index (χ1v) is 7.97. The number of carboxylic acids is 1. The molecule has 0 aromatic carbocycles. The van der Waals surface area contributed by atoms with E-state index in [1.807, 2.05) is 6.92 Å². The molecular formula is C11H22N2O4S. The average Bonchev–Trinajstić information content (AvgIpc) is 2.28. The van der Waals surface area contributed by atoms with E-state index in [4.69, 9.17) is 5.11 Å². The van der Waals surface area contributed by atoms with Crippen LogP contribution in [0.1, 0.15) is 26.2 Å². The highest BCUT2D eigenvalue weighted by molar-refractivity contribution is 7.89. The molecule has 6 nitrogen and oxygen atoms in total. The van der Waals surface area contributed by atoms with E-state index in [1.54, 1.807) is 0 Å². The Morgan fingerprint density at radius 3 is 2.50 bits per heavy atom. The average molecular weight is 278 g/mol. The van der Waals surface area contributed by atoms with Gasteiger partial charge in [0.2, 0.25) is 10.0 Å². The van der Waals surface area contributed by atoms with Gasteiger partial charge in [-0.05, 0) is 38.3 Å². The zero-order valence-electron chi connectivity index (χ0n) is 10.8. The molecule has 1 aliphatic rings. The summed E-state index contributed by atoms with van der Waals surface area (Å²) >= 11 is 0. The summed E-state index contributed by atoms with van der Waals surface area (Å²) in [7, 11) is -3.67. The summed E-state index contributed by atoms with van der Waals surface area (Å²) < 4.78 is 25.2. The zero-order chi connectivity index (χ0) is 13.6. The van der Waals surface area contributed by atoms with Gasteiger partial charge in [0.15, 0.2) is 5.75 Å². The van der Waals surface area contributed by atoms with Crippen LogP contribution in [0.5, 0.6) is 0 Å². The molecule has 1 saturated heterocycles. The predicted octanol–water partition coefficient (Wildman–Crippen LogP) is 0.112. The molecule has 0 saturated carbocycles. The van der Waals surface area contributed by atoms with E-state index < -0.39 is 21.7 Å². The van der Waals surface area contributed by atoms with Crippen LogP contribution in [0, 0.1) is 5.92 Å². The molecule has 106 valence electrons. The minimum atomic E-state index is -3.67. The van der Waals surface area contributed by atoms with Gasteiger partial charge in [0.25, 0.3) is 0 Å². The van der Waals surface area contributed by atoms with Crippen LogP contribution in [0.2, 0.25) is 0 Å². The molecule has 0 unspecified atom stereocenters. The molecule has 1 rings (SSSR count). The first-order chi connectivity index (χ1) is 8.45. The summed E-state index contributed by atoms with van der Waals surface area (Å²) in [6.45, 7) is 4.56. The van der Waals surface area contributed by atoms with E-state index in [0.29, 0.717) is 25.4 Å². The van der Waals surface area contributed by atoms with Gasteiger partial charge in [0, 0.05) is 13.1 Å². The number of nitrogens with one attached hydrogen (secondary N) is 1. The fourth-order valence-corrected chi connectivity index (χ4v) is 3.59. The summed E-state index contributed by atoms with van der Waals surface area (Å²) in [6.07, 6.45) is 2.59. The predicted molar refractivity (Wildman–Crippen MR) is 68.9 cm³/mol. The number of aliphatic carboxylic acids is 1. The van der Waals surface area contributed by atoms with Crippen molar-refractivity contribution in [3.05, 3.63) is 0 Å². The Hall–Kier alpha value is -0.660. The molecule has 1 aliphatic heterocycles. The maximum atomic E-state index is 11.9. The van der Waals surface area contributed by atoms with Gasteiger partial charge < -0.3 is 10.4 Å². The third kappa shape index (κ3) is 4.91. The molecule has 7 heteroatoms. The van der Waals surface area contributed by atoms with E-state index >= 15 is 0 Å². The maximum Gasteiger partial charge on any atom is 0.320 e. The molecule has 1 fully saturated rings. The number of rotatable bonds is 7. The third-order valence-corrected chi connectivity index (χ3v) is 4.82. The maximum absolute atomic E-state index is 11.9. The first kappa shape index (κ1) is 15.4. The Morgan fingerprint density at radius 2 is 2.00 bits per heavy atom. The quantitative estimate of drug-likeness (QED) is 0.690. The summed E-state index contributed by atoms with van der Waals surface area (Å²) in [5, 5.41) is 11.9. The van der Waals surface area contributed by atoms with Crippen LogP contribution in [-0.4, -0.2) is 55.7 Å². The van der Waals surface area contributed by atoms with Crippen molar-refractivity contribution in [3.63, 3.8) is 0 Å². The van der Waals surface area contributed by atoms with E-state index in [-0.39, 0.29) is 0 Å². The van der Waals surface area contributed by atoms with Crippen LogP contribution in [0.3, 0.4) is 0 Å². The van der Waals surface area contributed by atoms with Crippen LogP contribution >= 0.6 is 0 Å². The van der Waals surface area contributed by atoms with Crippen LogP contribution in [-0.2, 0) is 14.8 Å². The molecule has 1 heterocycles. The van der Waals surface area contributed by atoms with Gasteiger partial charge in [-0.2, -0.15) is 0 Å². The van der Waals surface area contributed by atoms with Crippen molar-refractivity contribution >= 4 is 16.0 Å². The lowest BCUT2D eigenvalue weighted by Crippen LogP contribution is -2.41. The lowest BCUT2D eigenvalue weighted by molar-refractivity contribution is -0.134. The zero-order valence-corrected chi connectivity index (χ0v) is 11.6. The Labute approximate surface area is 108 Å². The second-order valence-corrected chi connectivity index (χ2v) is 6.67. The van der Waals surface area contributed by atoms with Crippen molar-refractivity contribution in [2.75, 3.05) is 31.9 Å². The number of piperidine rings is 1. The van der Waals surface area contributed by atoms with Crippen molar-refractivity contribution in [3.8, 4) is 0 Å². The number of carboxylic acid groups (broad SMARTS) is 1. The topological polar surface area (TPSA) is 86.7 Å². The molecule has 0 bridgehead atoms. The Morgan fingerprint density at radius 1 is 1.39 bits per heavy atom. The van der Waals surface area contributed by atoms with Gasteiger partial charge in [-0.15, -0.1) is 0 Å². The first-order valence-electron chi connectivity index (χ1n) is 6.36. The van der Waals surface area contributed by atoms with Crippen molar-refractivity contribution in [2.24, 2.45) is 5.92 Å². The number of carbonyl (C=O) groups is 1. The molecule has 18 heavy (non-hydrogen) atoms. The Kier molecular flexibility index (Phi) is 6.04. The second-order valence-electron chi connectivity index (χ2n) is 4.70. The smallest absolute Gasteiger partial charge is 0.320 e. The fourth-order valence-electron chi connectivity index (χ4n) is 2.19. The number of hydrogen-bond donors (Lipinski definition) is 2. The van der Waals surface area contributed by atoms with E-state index in [0.717, 1.165) is 25.9 Å². The van der Waals surface area contributed by atoms with Crippen LogP contribution in [0.15, 0.2) is 0 Å². The van der Waals surface area contributed by atoms with Crippen LogP contribution < -0.4 is 5.32 Å². The van der Waals surface area contributed by atoms with Crippen LogP contribution in [0.4, 0.5) is 0 Å². The highest BCUT2D eigenvalue weighted by atomic mass is 32.2. The molecule has 0 amide bonds. The lowest BCUT2D eigenvalue weighted by atomic mass is 9.98. The molecule has 0 spiro atoms.